The molecular weight excluding hydrogens is 204 g/mol. The van der Waals surface area contributed by atoms with Crippen molar-refractivity contribution in [3.63, 3.8) is 0 Å². The van der Waals surface area contributed by atoms with Crippen LogP contribution in [0.3, 0.4) is 0 Å². The molecule has 0 fully saturated rings. The SMILES string of the molecule is CC(C)C(=O)Nc1nccc2c1cnn2C. The molecule has 0 aliphatic rings. The summed E-state index contributed by atoms with van der Waals surface area (Å²) in [5, 5.41) is 7.79. The van der Waals surface area contributed by atoms with Gasteiger partial charge in [0, 0.05) is 19.2 Å². The molecule has 0 unspecified atom stereocenters. The minimum Gasteiger partial charge on any atom is -0.310 e. The van der Waals surface area contributed by atoms with Gasteiger partial charge in [0.25, 0.3) is 0 Å². The number of nitrogens with zero attached hydrogens (tertiary/aromatic N) is 3. The number of amides is 1. The third kappa shape index (κ3) is 1.76. The molecule has 0 aliphatic heterocycles. The van der Waals surface area contributed by atoms with E-state index in [0.29, 0.717) is 5.82 Å². The van der Waals surface area contributed by atoms with Crippen molar-refractivity contribution in [3.8, 4) is 0 Å². The van der Waals surface area contributed by atoms with Crippen LogP contribution in [0.2, 0.25) is 0 Å². The normalized spacial score (nSPS) is 11.0. The quantitative estimate of drug-likeness (QED) is 0.832. The second kappa shape index (κ2) is 3.92. The highest BCUT2D eigenvalue weighted by molar-refractivity contribution is 5.99. The Bertz CT molecular complexity index is 530. The van der Waals surface area contributed by atoms with Gasteiger partial charge in [0.15, 0.2) is 0 Å². The second-order valence-corrected chi connectivity index (χ2v) is 4.00. The van der Waals surface area contributed by atoms with E-state index in [0.717, 1.165) is 10.9 Å². The van der Waals surface area contributed by atoms with Gasteiger partial charge in [-0.3, -0.25) is 9.48 Å². The van der Waals surface area contributed by atoms with E-state index in [9.17, 15) is 4.79 Å². The Kier molecular flexibility index (Phi) is 2.60. The molecule has 5 nitrogen and oxygen atoms in total. The van der Waals surface area contributed by atoms with E-state index in [4.69, 9.17) is 0 Å². The number of anilines is 1. The molecule has 1 amide bonds. The summed E-state index contributed by atoms with van der Waals surface area (Å²) in [6.07, 6.45) is 3.37. The summed E-state index contributed by atoms with van der Waals surface area (Å²) in [7, 11) is 1.86. The molecule has 84 valence electrons. The average molecular weight is 218 g/mol. The summed E-state index contributed by atoms with van der Waals surface area (Å²) in [5.41, 5.74) is 0.953. The van der Waals surface area contributed by atoms with Crippen molar-refractivity contribution in [2.75, 3.05) is 5.32 Å². The lowest BCUT2D eigenvalue weighted by Crippen LogP contribution is -2.18. The van der Waals surface area contributed by atoms with Gasteiger partial charge in [0.05, 0.1) is 17.1 Å². The highest BCUT2D eigenvalue weighted by Crippen LogP contribution is 2.20. The lowest BCUT2D eigenvalue weighted by atomic mass is 10.2. The fraction of sp³-hybridized carbons (Fsp3) is 0.364. The molecule has 5 heteroatoms. The average Bonchev–Trinajstić information content (AvgIpc) is 2.62. The first kappa shape index (κ1) is 10.6. The van der Waals surface area contributed by atoms with Crippen molar-refractivity contribution < 1.29 is 4.79 Å². The Morgan fingerprint density at radius 3 is 2.94 bits per heavy atom. The highest BCUT2D eigenvalue weighted by atomic mass is 16.1. The predicted octanol–water partition coefficient (Wildman–Crippen LogP) is 1.56. The standard InChI is InChI=1S/C11H14N4O/c1-7(2)11(16)14-10-8-6-13-15(3)9(8)4-5-12-10/h4-7H,1-3H3,(H,12,14,16). The Labute approximate surface area is 93.5 Å². The molecule has 0 bridgehead atoms. The number of aromatic nitrogens is 3. The van der Waals surface area contributed by atoms with Crippen molar-refractivity contribution in [2.24, 2.45) is 13.0 Å². The number of nitrogens with one attached hydrogen (secondary N) is 1. The van der Waals surface area contributed by atoms with E-state index in [1.54, 1.807) is 17.1 Å². The van der Waals surface area contributed by atoms with Crippen molar-refractivity contribution in [2.45, 2.75) is 13.8 Å². The molecule has 0 aliphatic carbocycles. The summed E-state index contributed by atoms with van der Waals surface area (Å²) in [4.78, 5) is 15.7. The number of hydrogen-bond acceptors (Lipinski definition) is 3. The molecule has 0 atom stereocenters. The van der Waals surface area contributed by atoms with Crippen LogP contribution in [-0.4, -0.2) is 20.7 Å². The number of aryl methyl sites for hydroxylation is 1. The van der Waals surface area contributed by atoms with E-state index in [2.05, 4.69) is 15.4 Å². The van der Waals surface area contributed by atoms with Gasteiger partial charge in [-0.2, -0.15) is 5.10 Å². The molecule has 1 N–H and O–H groups in total. The van der Waals surface area contributed by atoms with Gasteiger partial charge in [-0.25, -0.2) is 4.98 Å². The van der Waals surface area contributed by atoms with Gasteiger partial charge in [0.1, 0.15) is 5.82 Å². The third-order valence-corrected chi connectivity index (χ3v) is 2.44. The molecule has 0 spiro atoms. The van der Waals surface area contributed by atoms with Gasteiger partial charge >= 0.3 is 0 Å². The number of carbonyl (C=O) groups is 1. The fourth-order valence-electron chi connectivity index (χ4n) is 1.44. The number of hydrogen-bond donors (Lipinski definition) is 1. The lowest BCUT2D eigenvalue weighted by Gasteiger charge is -2.07. The smallest absolute Gasteiger partial charge is 0.228 e. The summed E-state index contributed by atoms with van der Waals surface area (Å²) in [5.74, 6) is 0.474. The highest BCUT2D eigenvalue weighted by Gasteiger charge is 2.11. The number of rotatable bonds is 2. The molecule has 2 aromatic rings. The largest absolute Gasteiger partial charge is 0.310 e. The van der Waals surface area contributed by atoms with Crippen LogP contribution in [0.25, 0.3) is 10.9 Å². The maximum Gasteiger partial charge on any atom is 0.228 e. The van der Waals surface area contributed by atoms with Crippen LogP contribution in [0.15, 0.2) is 18.5 Å². The zero-order valence-electron chi connectivity index (χ0n) is 9.56. The topological polar surface area (TPSA) is 59.8 Å². The van der Waals surface area contributed by atoms with Gasteiger partial charge in [-0.15, -0.1) is 0 Å². The van der Waals surface area contributed by atoms with Crippen LogP contribution in [0, 0.1) is 5.92 Å². The zero-order valence-corrected chi connectivity index (χ0v) is 9.56. The lowest BCUT2D eigenvalue weighted by molar-refractivity contribution is -0.118. The molecule has 0 saturated carbocycles. The first-order valence-corrected chi connectivity index (χ1v) is 5.17. The fourth-order valence-corrected chi connectivity index (χ4v) is 1.44. The molecule has 0 saturated heterocycles. The van der Waals surface area contributed by atoms with E-state index in [-0.39, 0.29) is 11.8 Å². The van der Waals surface area contributed by atoms with Crippen molar-refractivity contribution in [1.29, 1.82) is 0 Å². The summed E-state index contributed by atoms with van der Waals surface area (Å²) in [6, 6.07) is 1.87. The third-order valence-electron chi connectivity index (χ3n) is 2.44. The Morgan fingerprint density at radius 2 is 2.25 bits per heavy atom. The number of fused-ring (bicyclic) bond motifs is 1. The first-order valence-electron chi connectivity index (χ1n) is 5.17. The van der Waals surface area contributed by atoms with E-state index < -0.39 is 0 Å². The minimum atomic E-state index is -0.0614. The monoisotopic (exact) mass is 218 g/mol. The van der Waals surface area contributed by atoms with Crippen molar-refractivity contribution in [1.82, 2.24) is 14.8 Å². The minimum absolute atomic E-state index is 0.0381. The van der Waals surface area contributed by atoms with Crippen LogP contribution in [0.4, 0.5) is 5.82 Å². The van der Waals surface area contributed by atoms with E-state index >= 15 is 0 Å². The van der Waals surface area contributed by atoms with E-state index in [1.165, 1.54) is 0 Å². The van der Waals surface area contributed by atoms with Crippen LogP contribution in [0.5, 0.6) is 0 Å². The van der Waals surface area contributed by atoms with Gasteiger partial charge in [-0.1, -0.05) is 13.8 Å². The van der Waals surface area contributed by atoms with Crippen LogP contribution in [-0.2, 0) is 11.8 Å². The molecule has 2 rings (SSSR count). The summed E-state index contributed by atoms with van der Waals surface area (Å²) >= 11 is 0. The number of pyridine rings is 1. The molecule has 0 aromatic carbocycles. The maximum absolute atomic E-state index is 11.6. The van der Waals surface area contributed by atoms with Gasteiger partial charge in [-0.05, 0) is 6.07 Å². The maximum atomic E-state index is 11.6. The second-order valence-electron chi connectivity index (χ2n) is 4.00. The Balaban J connectivity index is 2.41. The van der Waals surface area contributed by atoms with Crippen LogP contribution >= 0.6 is 0 Å². The van der Waals surface area contributed by atoms with Gasteiger partial charge < -0.3 is 5.32 Å². The van der Waals surface area contributed by atoms with E-state index in [1.807, 2.05) is 27.0 Å². The van der Waals surface area contributed by atoms with Crippen molar-refractivity contribution in [3.05, 3.63) is 18.5 Å². The van der Waals surface area contributed by atoms with Crippen molar-refractivity contribution >= 4 is 22.6 Å². The molecule has 0 radical (unpaired) electrons. The predicted molar refractivity (Wildman–Crippen MR) is 62.0 cm³/mol. The van der Waals surface area contributed by atoms with Crippen LogP contribution < -0.4 is 5.32 Å². The Morgan fingerprint density at radius 1 is 1.50 bits per heavy atom. The number of carbonyl (C=O) groups excluding carboxylic acids is 1. The zero-order chi connectivity index (χ0) is 11.7. The Hall–Kier alpha value is -1.91. The van der Waals surface area contributed by atoms with Crippen LogP contribution in [0.1, 0.15) is 13.8 Å². The molecule has 2 heterocycles. The first-order chi connectivity index (χ1) is 7.59. The molecular formula is C11H14N4O. The summed E-state index contributed by atoms with van der Waals surface area (Å²) in [6.45, 7) is 3.69. The molecule has 2 aromatic heterocycles. The van der Waals surface area contributed by atoms with Gasteiger partial charge in [0.2, 0.25) is 5.91 Å². The molecule has 16 heavy (non-hydrogen) atoms. The summed E-state index contributed by atoms with van der Waals surface area (Å²) < 4.78 is 1.75.